The standard InChI is InChI=1S/C19H30N2O4/c1-5-23-16-12-15(13-17(24-6-2)18(16)25-7-3)20-19(22)21-10-8-14(4)9-11-21/h12-14H,5-11H2,1-4H3,(H,20,22). The maximum Gasteiger partial charge on any atom is 0.321 e. The molecule has 0 aromatic heterocycles. The maximum atomic E-state index is 12.5. The molecule has 1 N–H and O–H groups in total. The molecule has 1 aliphatic heterocycles. The summed E-state index contributed by atoms with van der Waals surface area (Å²) in [5.74, 6) is 2.43. The molecule has 0 atom stereocenters. The van der Waals surface area contributed by atoms with E-state index in [2.05, 4.69) is 12.2 Å². The van der Waals surface area contributed by atoms with Crippen molar-refractivity contribution in [3.05, 3.63) is 12.1 Å². The fraction of sp³-hybridized carbons (Fsp3) is 0.632. The average Bonchev–Trinajstić information content (AvgIpc) is 2.59. The van der Waals surface area contributed by atoms with Gasteiger partial charge < -0.3 is 24.4 Å². The van der Waals surface area contributed by atoms with E-state index in [-0.39, 0.29) is 6.03 Å². The van der Waals surface area contributed by atoms with Gasteiger partial charge in [0.1, 0.15) is 0 Å². The number of likely N-dealkylation sites (tertiary alicyclic amines) is 1. The molecule has 0 radical (unpaired) electrons. The van der Waals surface area contributed by atoms with Crippen molar-refractivity contribution in [2.75, 3.05) is 38.2 Å². The van der Waals surface area contributed by atoms with Crippen LogP contribution in [0.3, 0.4) is 0 Å². The van der Waals surface area contributed by atoms with E-state index in [1.807, 2.05) is 25.7 Å². The van der Waals surface area contributed by atoms with E-state index in [4.69, 9.17) is 14.2 Å². The summed E-state index contributed by atoms with van der Waals surface area (Å²) in [6.45, 7) is 11.1. The van der Waals surface area contributed by atoms with Crippen LogP contribution in [0.25, 0.3) is 0 Å². The van der Waals surface area contributed by atoms with Gasteiger partial charge in [0.05, 0.1) is 25.5 Å². The minimum absolute atomic E-state index is 0.0824. The zero-order chi connectivity index (χ0) is 18.2. The molecule has 6 nitrogen and oxygen atoms in total. The van der Waals surface area contributed by atoms with Gasteiger partial charge in [0, 0.05) is 25.2 Å². The van der Waals surface area contributed by atoms with E-state index in [1.165, 1.54) is 0 Å². The van der Waals surface area contributed by atoms with Gasteiger partial charge in [-0.2, -0.15) is 0 Å². The molecule has 0 aliphatic carbocycles. The number of amides is 2. The number of urea groups is 1. The third-order valence-corrected chi connectivity index (χ3v) is 4.23. The Kier molecular flexibility index (Phi) is 7.22. The van der Waals surface area contributed by atoms with Gasteiger partial charge in [0.25, 0.3) is 0 Å². The first-order valence-electron chi connectivity index (χ1n) is 9.21. The van der Waals surface area contributed by atoms with Crippen LogP contribution in [0.2, 0.25) is 0 Å². The molecule has 0 saturated carbocycles. The molecule has 1 aliphatic rings. The first-order valence-corrected chi connectivity index (χ1v) is 9.21. The predicted molar refractivity (Wildman–Crippen MR) is 98.9 cm³/mol. The van der Waals surface area contributed by atoms with Crippen LogP contribution in [0.5, 0.6) is 17.2 Å². The summed E-state index contributed by atoms with van der Waals surface area (Å²) in [6, 6.07) is 3.50. The number of nitrogens with zero attached hydrogens (tertiary/aromatic N) is 1. The fourth-order valence-electron chi connectivity index (χ4n) is 2.88. The molecule has 2 amide bonds. The maximum absolute atomic E-state index is 12.5. The third-order valence-electron chi connectivity index (χ3n) is 4.23. The lowest BCUT2D eigenvalue weighted by Crippen LogP contribution is -2.40. The summed E-state index contributed by atoms with van der Waals surface area (Å²) in [7, 11) is 0. The number of hydrogen-bond acceptors (Lipinski definition) is 4. The number of piperidine rings is 1. The highest BCUT2D eigenvalue weighted by Gasteiger charge is 2.22. The van der Waals surface area contributed by atoms with Crippen LogP contribution in [-0.2, 0) is 0 Å². The third kappa shape index (κ3) is 5.18. The van der Waals surface area contributed by atoms with Gasteiger partial charge in [0.2, 0.25) is 5.75 Å². The molecule has 25 heavy (non-hydrogen) atoms. The van der Waals surface area contributed by atoms with Crippen molar-refractivity contribution in [2.24, 2.45) is 5.92 Å². The number of carbonyl (C=O) groups is 1. The highest BCUT2D eigenvalue weighted by Crippen LogP contribution is 2.41. The van der Waals surface area contributed by atoms with Gasteiger partial charge in [-0.3, -0.25) is 0 Å². The zero-order valence-electron chi connectivity index (χ0n) is 15.8. The number of carbonyl (C=O) groups excluding carboxylic acids is 1. The minimum atomic E-state index is -0.0824. The molecule has 6 heteroatoms. The van der Waals surface area contributed by atoms with Crippen molar-refractivity contribution in [2.45, 2.75) is 40.5 Å². The van der Waals surface area contributed by atoms with Crippen molar-refractivity contribution in [3.8, 4) is 17.2 Å². The number of anilines is 1. The molecule has 1 aromatic carbocycles. The lowest BCUT2D eigenvalue weighted by atomic mass is 10.00. The highest BCUT2D eigenvalue weighted by atomic mass is 16.5. The number of nitrogens with one attached hydrogen (secondary N) is 1. The van der Waals surface area contributed by atoms with Crippen molar-refractivity contribution in [3.63, 3.8) is 0 Å². The van der Waals surface area contributed by atoms with E-state index >= 15 is 0 Å². The Labute approximate surface area is 150 Å². The normalized spacial score (nSPS) is 15.0. The van der Waals surface area contributed by atoms with Gasteiger partial charge in [-0.25, -0.2) is 4.79 Å². The number of ether oxygens (including phenoxy) is 3. The molecular weight excluding hydrogens is 320 g/mol. The summed E-state index contributed by atoms with van der Waals surface area (Å²) < 4.78 is 17.1. The number of benzene rings is 1. The van der Waals surface area contributed by atoms with Crippen LogP contribution in [-0.4, -0.2) is 43.8 Å². The van der Waals surface area contributed by atoms with Gasteiger partial charge in [-0.15, -0.1) is 0 Å². The first kappa shape index (κ1) is 19.2. The molecule has 1 fully saturated rings. The Morgan fingerprint density at radius 1 is 1.04 bits per heavy atom. The zero-order valence-corrected chi connectivity index (χ0v) is 15.8. The lowest BCUT2D eigenvalue weighted by molar-refractivity contribution is 0.186. The summed E-state index contributed by atoms with van der Waals surface area (Å²) in [5, 5.41) is 2.96. The summed E-state index contributed by atoms with van der Waals surface area (Å²) >= 11 is 0. The highest BCUT2D eigenvalue weighted by molar-refractivity contribution is 5.90. The molecule has 140 valence electrons. The Morgan fingerprint density at radius 3 is 2.04 bits per heavy atom. The Bertz CT molecular complexity index is 542. The Morgan fingerprint density at radius 2 is 1.56 bits per heavy atom. The molecule has 1 aromatic rings. The molecule has 0 spiro atoms. The van der Waals surface area contributed by atoms with Crippen molar-refractivity contribution < 1.29 is 19.0 Å². The van der Waals surface area contributed by atoms with Gasteiger partial charge in [-0.1, -0.05) is 6.92 Å². The quantitative estimate of drug-likeness (QED) is 0.803. The van der Waals surface area contributed by atoms with Gasteiger partial charge in [-0.05, 0) is 39.5 Å². The number of rotatable bonds is 7. The molecule has 0 unspecified atom stereocenters. The van der Waals surface area contributed by atoms with Gasteiger partial charge in [0.15, 0.2) is 11.5 Å². The summed E-state index contributed by atoms with van der Waals surface area (Å²) in [4.78, 5) is 14.4. The minimum Gasteiger partial charge on any atom is -0.490 e. The van der Waals surface area contributed by atoms with Crippen LogP contribution < -0.4 is 19.5 Å². The van der Waals surface area contributed by atoms with E-state index in [9.17, 15) is 4.79 Å². The van der Waals surface area contributed by atoms with Crippen LogP contribution in [0.15, 0.2) is 12.1 Å². The van der Waals surface area contributed by atoms with Crippen LogP contribution >= 0.6 is 0 Å². The van der Waals surface area contributed by atoms with E-state index in [0.717, 1.165) is 25.9 Å². The second kappa shape index (κ2) is 9.39. The van der Waals surface area contributed by atoms with E-state index < -0.39 is 0 Å². The Balaban J connectivity index is 2.19. The Hall–Kier alpha value is -2.11. The lowest BCUT2D eigenvalue weighted by Gasteiger charge is -2.30. The van der Waals surface area contributed by atoms with Crippen molar-refractivity contribution in [1.29, 1.82) is 0 Å². The van der Waals surface area contributed by atoms with Crippen LogP contribution in [0.4, 0.5) is 10.5 Å². The van der Waals surface area contributed by atoms with Crippen molar-refractivity contribution >= 4 is 11.7 Å². The van der Waals surface area contributed by atoms with Crippen LogP contribution in [0, 0.1) is 5.92 Å². The SMILES string of the molecule is CCOc1cc(NC(=O)N2CCC(C)CC2)cc(OCC)c1OCC. The fourth-order valence-corrected chi connectivity index (χ4v) is 2.88. The van der Waals surface area contributed by atoms with E-state index in [1.54, 1.807) is 12.1 Å². The molecule has 1 heterocycles. The van der Waals surface area contributed by atoms with Gasteiger partial charge >= 0.3 is 6.03 Å². The average molecular weight is 350 g/mol. The monoisotopic (exact) mass is 350 g/mol. The second-order valence-electron chi connectivity index (χ2n) is 6.20. The molecule has 0 bridgehead atoms. The number of hydrogen-bond donors (Lipinski definition) is 1. The topological polar surface area (TPSA) is 60.0 Å². The van der Waals surface area contributed by atoms with E-state index in [0.29, 0.717) is 48.7 Å². The van der Waals surface area contributed by atoms with Crippen LogP contribution in [0.1, 0.15) is 40.5 Å². The molecule has 2 rings (SSSR count). The smallest absolute Gasteiger partial charge is 0.321 e. The first-order chi connectivity index (χ1) is 12.1. The summed E-state index contributed by atoms with van der Waals surface area (Å²) in [5.41, 5.74) is 0.652. The summed E-state index contributed by atoms with van der Waals surface area (Å²) in [6.07, 6.45) is 2.09. The largest absolute Gasteiger partial charge is 0.490 e. The molecular formula is C19H30N2O4. The molecule has 1 saturated heterocycles. The second-order valence-corrected chi connectivity index (χ2v) is 6.20. The van der Waals surface area contributed by atoms with Crippen molar-refractivity contribution in [1.82, 2.24) is 4.90 Å². The predicted octanol–water partition coefficient (Wildman–Crippen LogP) is 4.15.